The lowest BCUT2D eigenvalue weighted by atomic mass is 10.2. The first kappa shape index (κ1) is 21.7. The molecular weight excluding hydrogens is 404 g/mol. The molecular formula is C22H26N2O5S. The van der Waals surface area contributed by atoms with Crippen molar-refractivity contribution < 1.29 is 22.4 Å². The minimum absolute atomic E-state index is 0.321. The molecule has 0 spiro atoms. The SMILES string of the molecule is CCOc1cccc2cc(C(C)NC(=O)CN(c3ccccc3C)S(C)(=O)=O)oc12. The van der Waals surface area contributed by atoms with Crippen LogP contribution >= 0.6 is 0 Å². The largest absolute Gasteiger partial charge is 0.490 e. The predicted molar refractivity (Wildman–Crippen MR) is 117 cm³/mol. The number of sulfonamides is 1. The van der Waals surface area contributed by atoms with Gasteiger partial charge in [-0.2, -0.15) is 0 Å². The Bertz CT molecular complexity index is 1150. The maximum Gasteiger partial charge on any atom is 0.241 e. The van der Waals surface area contributed by atoms with Crippen molar-refractivity contribution in [1.29, 1.82) is 0 Å². The van der Waals surface area contributed by atoms with E-state index in [1.807, 2.05) is 37.3 Å². The summed E-state index contributed by atoms with van der Waals surface area (Å²) >= 11 is 0. The van der Waals surface area contributed by atoms with E-state index in [-0.39, 0.29) is 6.54 Å². The van der Waals surface area contributed by atoms with Gasteiger partial charge in [0.15, 0.2) is 11.3 Å². The van der Waals surface area contributed by atoms with Crippen LogP contribution in [-0.4, -0.2) is 33.7 Å². The zero-order chi connectivity index (χ0) is 21.9. The molecule has 1 atom stereocenters. The number of benzene rings is 2. The smallest absolute Gasteiger partial charge is 0.241 e. The molecule has 0 aliphatic heterocycles. The highest BCUT2D eigenvalue weighted by atomic mass is 32.2. The highest BCUT2D eigenvalue weighted by Gasteiger charge is 2.24. The van der Waals surface area contributed by atoms with E-state index in [0.29, 0.717) is 29.4 Å². The number of rotatable bonds is 8. The van der Waals surface area contributed by atoms with Crippen LogP contribution in [0.15, 0.2) is 52.9 Å². The molecule has 0 fully saturated rings. The third kappa shape index (κ3) is 4.76. The van der Waals surface area contributed by atoms with Crippen LogP contribution in [0, 0.1) is 6.92 Å². The maximum atomic E-state index is 12.7. The van der Waals surface area contributed by atoms with Gasteiger partial charge in [0.25, 0.3) is 0 Å². The van der Waals surface area contributed by atoms with Gasteiger partial charge >= 0.3 is 0 Å². The van der Waals surface area contributed by atoms with Gasteiger partial charge in [-0.05, 0) is 44.5 Å². The van der Waals surface area contributed by atoms with Crippen LogP contribution in [0.25, 0.3) is 11.0 Å². The Morgan fingerprint density at radius 3 is 2.60 bits per heavy atom. The minimum Gasteiger partial charge on any atom is -0.490 e. The summed E-state index contributed by atoms with van der Waals surface area (Å²) in [5.41, 5.74) is 1.87. The lowest BCUT2D eigenvalue weighted by Crippen LogP contribution is -2.41. The van der Waals surface area contributed by atoms with Gasteiger partial charge in [-0.25, -0.2) is 8.42 Å². The Balaban J connectivity index is 1.78. The molecule has 3 aromatic rings. The number of carbonyl (C=O) groups is 1. The maximum absolute atomic E-state index is 12.7. The number of furan rings is 1. The van der Waals surface area contributed by atoms with E-state index in [1.54, 1.807) is 32.0 Å². The van der Waals surface area contributed by atoms with Crippen molar-refractivity contribution in [2.75, 3.05) is 23.7 Å². The van der Waals surface area contributed by atoms with Crippen LogP contribution in [-0.2, 0) is 14.8 Å². The molecule has 1 unspecified atom stereocenters. The first-order chi connectivity index (χ1) is 14.2. The van der Waals surface area contributed by atoms with Crippen LogP contribution in [0.2, 0.25) is 0 Å². The summed E-state index contributed by atoms with van der Waals surface area (Å²) in [6.45, 7) is 5.68. The van der Waals surface area contributed by atoms with Crippen molar-refractivity contribution in [3.8, 4) is 5.75 Å². The second-order valence-corrected chi connectivity index (χ2v) is 9.01. The Morgan fingerprint density at radius 1 is 1.20 bits per heavy atom. The summed E-state index contributed by atoms with van der Waals surface area (Å²) in [5.74, 6) is 0.775. The number of para-hydroxylation sites is 2. The zero-order valence-electron chi connectivity index (χ0n) is 17.5. The van der Waals surface area contributed by atoms with Crippen molar-refractivity contribution >= 4 is 32.6 Å². The third-order valence-corrected chi connectivity index (χ3v) is 5.83. The van der Waals surface area contributed by atoms with E-state index in [2.05, 4.69) is 5.32 Å². The van der Waals surface area contributed by atoms with Crippen molar-refractivity contribution in [2.45, 2.75) is 26.8 Å². The van der Waals surface area contributed by atoms with Crippen LogP contribution < -0.4 is 14.4 Å². The molecule has 160 valence electrons. The molecule has 0 bridgehead atoms. The number of ether oxygens (including phenoxy) is 1. The quantitative estimate of drug-likeness (QED) is 0.587. The third-order valence-electron chi connectivity index (χ3n) is 4.70. The van der Waals surface area contributed by atoms with Gasteiger partial charge in [0.1, 0.15) is 12.3 Å². The number of fused-ring (bicyclic) bond motifs is 1. The fourth-order valence-electron chi connectivity index (χ4n) is 3.25. The molecule has 0 radical (unpaired) electrons. The summed E-state index contributed by atoms with van der Waals surface area (Å²) < 4.78 is 37.2. The lowest BCUT2D eigenvalue weighted by molar-refractivity contribution is -0.120. The molecule has 7 nitrogen and oxygen atoms in total. The summed E-state index contributed by atoms with van der Waals surface area (Å²) in [4.78, 5) is 12.7. The average Bonchev–Trinajstić information content (AvgIpc) is 3.12. The molecule has 1 N–H and O–H groups in total. The Labute approximate surface area is 176 Å². The number of anilines is 1. The van der Waals surface area contributed by atoms with Gasteiger partial charge in [0.2, 0.25) is 15.9 Å². The number of carbonyl (C=O) groups excluding carboxylic acids is 1. The first-order valence-corrected chi connectivity index (χ1v) is 11.5. The average molecular weight is 431 g/mol. The number of nitrogens with one attached hydrogen (secondary N) is 1. The minimum atomic E-state index is -3.64. The van der Waals surface area contributed by atoms with Crippen molar-refractivity contribution in [3.63, 3.8) is 0 Å². The molecule has 0 aliphatic carbocycles. The molecule has 1 amide bonds. The number of hydrogen-bond acceptors (Lipinski definition) is 5. The standard InChI is InChI=1S/C22H26N2O5S/c1-5-28-19-12-8-10-17-13-20(29-22(17)19)16(3)23-21(25)14-24(30(4,26)27)18-11-7-6-9-15(18)2/h6-13,16H,5,14H2,1-4H3,(H,23,25). The van der Waals surface area contributed by atoms with E-state index in [0.717, 1.165) is 21.5 Å². The molecule has 0 aliphatic rings. The summed E-state index contributed by atoms with van der Waals surface area (Å²) in [6, 6.07) is 14.1. The van der Waals surface area contributed by atoms with Gasteiger partial charge in [-0.1, -0.05) is 30.3 Å². The van der Waals surface area contributed by atoms with Gasteiger partial charge in [0.05, 0.1) is 24.6 Å². The fourth-order valence-corrected chi connectivity index (χ4v) is 4.17. The van der Waals surface area contributed by atoms with E-state index in [9.17, 15) is 13.2 Å². The molecule has 0 saturated carbocycles. The summed E-state index contributed by atoms with van der Waals surface area (Å²) in [5, 5.41) is 3.69. The molecule has 1 aromatic heterocycles. The molecule has 0 saturated heterocycles. The molecule has 30 heavy (non-hydrogen) atoms. The number of amides is 1. The summed E-state index contributed by atoms with van der Waals surface area (Å²) in [7, 11) is -3.64. The van der Waals surface area contributed by atoms with Crippen molar-refractivity contribution in [3.05, 3.63) is 59.9 Å². The monoisotopic (exact) mass is 430 g/mol. The van der Waals surface area contributed by atoms with E-state index in [1.165, 1.54) is 0 Å². The molecule has 2 aromatic carbocycles. The fraction of sp³-hybridized carbons (Fsp3) is 0.318. The summed E-state index contributed by atoms with van der Waals surface area (Å²) in [6.07, 6.45) is 1.09. The van der Waals surface area contributed by atoms with Gasteiger partial charge < -0.3 is 14.5 Å². The normalized spacial score (nSPS) is 12.5. The topological polar surface area (TPSA) is 88.9 Å². The van der Waals surface area contributed by atoms with Gasteiger partial charge in [-0.15, -0.1) is 0 Å². The van der Waals surface area contributed by atoms with E-state index in [4.69, 9.17) is 9.15 Å². The second kappa shape index (κ2) is 8.79. The Morgan fingerprint density at radius 2 is 1.93 bits per heavy atom. The highest BCUT2D eigenvalue weighted by molar-refractivity contribution is 7.92. The number of aryl methyl sites for hydroxylation is 1. The lowest BCUT2D eigenvalue weighted by Gasteiger charge is -2.24. The molecule has 1 heterocycles. The van der Waals surface area contributed by atoms with Crippen LogP contribution in [0.1, 0.15) is 31.2 Å². The van der Waals surface area contributed by atoms with Crippen molar-refractivity contribution in [2.24, 2.45) is 0 Å². The first-order valence-electron chi connectivity index (χ1n) is 9.68. The van der Waals surface area contributed by atoms with Crippen LogP contribution in [0.5, 0.6) is 5.75 Å². The van der Waals surface area contributed by atoms with E-state index < -0.39 is 22.0 Å². The van der Waals surface area contributed by atoms with E-state index >= 15 is 0 Å². The van der Waals surface area contributed by atoms with Crippen LogP contribution in [0.3, 0.4) is 0 Å². The van der Waals surface area contributed by atoms with Crippen molar-refractivity contribution in [1.82, 2.24) is 5.32 Å². The second-order valence-electron chi connectivity index (χ2n) is 7.10. The highest BCUT2D eigenvalue weighted by Crippen LogP contribution is 2.31. The Kier molecular flexibility index (Phi) is 6.36. The number of nitrogens with zero attached hydrogens (tertiary/aromatic N) is 1. The predicted octanol–water partition coefficient (Wildman–Crippen LogP) is 3.78. The molecule has 3 rings (SSSR count). The van der Waals surface area contributed by atoms with Gasteiger partial charge in [-0.3, -0.25) is 9.10 Å². The Hall–Kier alpha value is -3.00. The zero-order valence-corrected chi connectivity index (χ0v) is 18.3. The number of hydrogen-bond donors (Lipinski definition) is 1. The van der Waals surface area contributed by atoms with Gasteiger partial charge in [0, 0.05) is 5.39 Å². The van der Waals surface area contributed by atoms with Crippen LogP contribution in [0.4, 0.5) is 5.69 Å². The molecule has 8 heteroatoms.